The molecule has 0 saturated carbocycles. The zero-order valence-electron chi connectivity index (χ0n) is 8.51. The molecule has 0 bridgehead atoms. The second-order valence-electron chi connectivity index (χ2n) is 4.53. The van der Waals surface area contributed by atoms with E-state index in [0.717, 1.165) is 6.54 Å². The molecule has 0 unspecified atom stereocenters. The molecule has 72 valence electrons. The Kier molecular flexibility index (Phi) is 3.09. The van der Waals surface area contributed by atoms with Crippen LogP contribution in [0.2, 0.25) is 0 Å². The lowest BCUT2D eigenvalue weighted by Gasteiger charge is -2.39. The molecule has 0 atom stereocenters. The minimum Gasteiger partial charge on any atom is -0.306 e. The minimum absolute atomic E-state index is 0.440. The van der Waals surface area contributed by atoms with Crippen molar-refractivity contribution in [2.45, 2.75) is 19.8 Å². The van der Waals surface area contributed by atoms with Crippen LogP contribution in [0, 0.1) is 5.41 Å². The Hall–Kier alpha value is -0.120. The standard InChI is InChI=1S/C9H21N3/c1-9(8-12(3)10)4-6-11(2)7-5-9/h4-8,10H2,1-3H3. The summed E-state index contributed by atoms with van der Waals surface area (Å²) in [4.78, 5) is 2.39. The number of hydrogen-bond acceptors (Lipinski definition) is 3. The Bertz CT molecular complexity index is 137. The first-order valence-corrected chi connectivity index (χ1v) is 4.66. The van der Waals surface area contributed by atoms with E-state index in [0.29, 0.717) is 5.41 Å². The Labute approximate surface area is 75.5 Å². The fourth-order valence-electron chi connectivity index (χ4n) is 1.92. The molecule has 1 aliphatic heterocycles. The number of likely N-dealkylation sites (tertiary alicyclic amines) is 1. The smallest absolute Gasteiger partial charge is 0.0180 e. The second kappa shape index (κ2) is 3.73. The van der Waals surface area contributed by atoms with E-state index in [2.05, 4.69) is 18.9 Å². The van der Waals surface area contributed by atoms with Crippen molar-refractivity contribution in [3.05, 3.63) is 0 Å². The van der Waals surface area contributed by atoms with Crippen LogP contribution in [0.4, 0.5) is 0 Å². The quantitative estimate of drug-likeness (QED) is 0.486. The first-order chi connectivity index (χ1) is 5.52. The summed E-state index contributed by atoms with van der Waals surface area (Å²) in [5, 5.41) is 1.81. The second-order valence-corrected chi connectivity index (χ2v) is 4.53. The van der Waals surface area contributed by atoms with Crippen LogP contribution >= 0.6 is 0 Å². The molecule has 1 rings (SSSR count). The molecule has 0 spiro atoms. The van der Waals surface area contributed by atoms with E-state index in [1.165, 1.54) is 25.9 Å². The molecule has 1 aliphatic rings. The Balaban J connectivity index is 2.39. The van der Waals surface area contributed by atoms with Gasteiger partial charge in [-0.1, -0.05) is 6.92 Å². The van der Waals surface area contributed by atoms with Crippen molar-refractivity contribution in [3.8, 4) is 0 Å². The maximum absolute atomic E-state index is 5.66. The largest absolute Gasteiger partial charge is 0.306 e. The highest BCUT2D eigenvalue weighted by molar-refractivity contribution is 4.82. The van der Waals surface area contributed by atoms with Crippen molar-refractivity contribution < 1.29 is 0 Å². The fraction of sp³-hybridized carbons (Fsp3) is 1.00. The molecule has 1 fully saturated rings. The highest BCUT2D eigenvalue weighted by Crippen LogP contribution is 2.30. The first-order valence-electron chi connectivity index (χ1n) is 4.66. The number of nitrogens with zero attached hydrogens (tertiary/aromatic N) is 2. The van der Waals surface area contributed by atoms with E-state index < -0.39 is 0 Å². The van der Waals surface area contributed by atoms with Gasteiger partial charge in [-0.05, 0) is 38.4 Å². The Morgan fingerprint density at radius 1 is 1.42 bits per heavy atom. The van der Waals surface area contributed by atoms with Gasteiger partial charge in [-0.15, -0.1) is 0 Å². The van der Waals surface area contributed by atoms with Crippen LogP contribution in [0.15, 0.2) is 0 Å². The van der Waals surface area contributed by atoms with E-state index in [1.54, 1.807) is 0 Å². The number of hydrogen-bond donors (Lipinski definition) is 1. The third-order valence-corrected chi connectivity index (χ3v) is 2.83. The molecule has 0 radical (unpaired) electrons. The van der Waals surface area contributed by atoms with Crippen molar-refractivity contribution in [3.63, 3.8) is 0 Å². The van der Waals surface area contributed by atoms with Gasteiger partial charge in [0, 0.05) is 13.6 Å². The summed E-state index contributed by atoms with van der Waals surface area (Å²) in [7, 11) is 4.13. The maximum atomic E-state index is 5.66. The number of hydrazine groups is 1. The third kappa shape index (κ3) is 2.73. The van der Waals surface area contributed by atoms with Crippen molar-refractivity contribution in [1.82, 2.24) is 9.91 Å². The highest BCUT2D eigenvalue weighted by Gasteiger charge is 2.29. The van der Waals surface area contributed by atoms with Gasteiger partial charge in [0.15, 0.2) is 0 Å². The topological polar surface area (TPSA) is 32.5 Å². The van der Waals surface area contributed by atoms with E-state index in [-0.39, 0.29) is 0 Å². The van der Waals surface area contributed by atoms with Crippen molar-refractivity contribution in [2.24, 2.45) is 11.3 Å². The number of piperidine rings is 1. The lowest BCUT2D eigenvalue weighted by Crippen LogP contribution is -2.44. The summed E-state index contributed by atoms with van der Waals surface area (Å²) < 4.78 is 0. The van der Waals surface area contributed by atoms with Crippen LogP contribution in [0.3, 0.4) is 0 Å². The monoisotopic (exact) mass is 171 g/mol. The molecule has 0 aromatic carbocycles. The van der Waals surface area contributed by atoms with E-state index in [1.807, 2.05) is 12.1 Å². The third-order valence-electron chi connectivity index (χ3n) is 2.83. The summed E-state index contributed by atoms with van der Waals surface area (Å²) in [6, 6.07) is 0. The average Bonchev–Trinajstić information content (AvgIpc) is 1.94. The average molecular weight is 171 g/mol. The van der Waals surface area contributed by atoms with Gasteiger partial charge >= 0.3 is 0 Å². The molecule has 12 heavy (non-hydrogen) atoms. The van der Waals surface area contributed by atoms with Crippen molar-refractivity contribution >= 4 is 0 Å². The van der Waals surface area contributed by atoms with Crippen LogP contribution in [-0.4, -0.2) is 43.6 Å². The van der Waals surface area contributed by atoms with Gasteiger partial charge in [-0.2, -0.15) is 0 Å². The van der Waals surface area contributed by atoms with Gasteiger partial charge < -0.3 is 4.90 Å². The lowest BCUT2D eigenvalue weighted by atomic mass is 9.80. The molecular weight excluding hydrogens is 150 g/mol. The predicted molar refractivity (Wildman–Crippen MR) is 51.7 cm³/mol. The highest BCUT2D eigenvalue weighted by atomic mass is 15.4. The van der Waals surface area contributed by atoms with Crippen LogP contribution in [0.25, 0.3) is 0 Å². The zero-order chi connectivity index (χ0) is 9.19. The normalized spacial score (nSPS) is 24.8. The summed E-state index contributed by atoms with van der Waals surface area (Å²) in [6.45, 7) is 5.78. The van der Waals surface area contributed by atoms with Gasteiger partial charge in [0.2, 0.25) is 0 Å². The van der Waals surface area contributed by atoms with E-state index >= 15 is 0 Å². The van der Waals surface area contributed by atoms with Crippen LogP contribution in [0.5, 0.6) is 0 Å². The summed E-state index contributed by atoms with van der Waals surface area (Å²) >= 11 is 0. The summed E-state index contributed by atoms with van der Waals surface area (Å²) in [6.07, 6.45) is 2.54. The molecule has 1 saturated heterocycles. The number of rotatable bonds is 2. The molecule has 0 aromatic heterocycles. The molecule has 3 nitrogen and oxygen atoms in total. The minimum atomic E-state index is 0.440. The summed E-state index contributed by atoms with van der Waals surface area (Å²) in [5.41, 5.74) is 0.440. The van der Waals surface area contributed by atoms with Gasteiger partial charge in [0.25, 0.3) is 0 Å². The van der Waals surface area contributed by atoms with Gasteiger partial charge in [-0.3, -0.25) is 5.84 Å². The molecule has 2 N–H and O–H groups in total. The predicted octanol–water partition coefficient (Wildman–Crippen LogP) is 0.524. The molecule has 0 aliphatic carbocycles. The van der Waals surface area contributed by atoms with Crippen molar-refractivity contribution in [1.29, 1.82) is 0 Å². The maximum Gasteiger partial charge on any atom is 0.0180 e. The molecule has 1 heterocycles. The number of nitrogens with two attached hydrogens (primary N) is 1. The SMILES string of the molecule is CN(N)CC1(C)CCN(C)CC1. The van der Waals surface area contributed by atoms with E-state index in [4.69, 9.17) is 5.84 Å². The molecule has 0 amide bonds. The van der Waals surface area contributed by atoms with E-state index in [9.17, 15) is 0 Å². The Morgan fingerprint density at radius 2 is 1.92 bits per heavy atom. The van der Waals surface area contributed by atoms with Crippen LogP contribution in [-0.2, 0) is 0 Å². The van der Waals surface area contributed by atoms with Gasteiger partial charge in [0.1, 0.15) is 0 Å². The van der Waals surface area contributed by atoms with Gasteiger partial charge in [-0.25, -0.2) is 5.01 Å². The lowest BCUT2D eigenvalue weighted by molar-refractivity contribution is 0.0980. The Morgan fingerprint density at radius 3 is 2.33 bits per heavy atom. The zero-order valence-corrected chi connectivity index (χ0v) is 8.51. The fourth-order valence-corrected chi connectivity index (χ4v) is 1.92. The molecule has 3 heteroatoms. The van der Waals surface area contributed by atoms with Gasteiger partial charge in [0.05, 0.1) is 0 Å². The van der Waals surface area contributed by atoms with Crippen LogP contribution < -0.4 is 5.84 Å². The molecular formula is C9H21N3. The first kappa shape index (κ1) is 9.96. The van der Waals surface area contributed by atoms with Crippen LogP contribution in [0.1, 0.15) is 19.8 Å². The van der Waals surface area contributed by atoms with Crippen molar-refractivity contribution in [2.75, 3.05) is 33.7 Å². The molecule has 0 aromatic rings. The summed E-state index contributed by atoms with van der Waals surface area (Å²) in [5.74, 6) is 5.66.